The van der Waals surface area contributed by atoms with Crippen LogP contribution in [-0.4, -0.2) is 35.6 Å². The fourth-order valence-corrected chi connectivity index (χ4v) is 0.631. The van der Waals surface area contributed by atoms with E-state index in [-0.39, 0.29) is 18.6 Å². The zero-order valence-corrected chi connectivity index (χ0v) is 6.79. The molecule has 0 radical (unpaired) electrons. The molecule has 0 aliphatic rings. The van der Waals surface area contributed by atoms with Gasteiger partial charge in [-0.25, -0.2) is 0 Å². The second kappa shape index (κ2) is 4.28. The number of nitrogens with zero attached hydrogens (tertiary/aromatic N) is 1. The minimum Gasteiger partial charge on any atom is -0.387 e. The molecule has 60 valence electrons. The number of carbonyl (C=O) groups is 1. The maximum Gasteiger partial charge on any atom is 0.248 e. The molecule has 0 aliphatic heterocycles. The molecule has 0 aromatic rings. The van der Waals surface area contributed by atoms with Gasteiger partial charge >= 0.3 is 0 Å². The van der Waals surface area contributed by atoms with Gasteiger partial charge in [0.1, 0.15) is 6.61 Å². The Morgan fingerprint density at radius 1 is 1.70 bits per heavy atom. The van der Waals surface area contributed by atoms with Gasteiger partial charge in [-0.3, -0.25) is 4.79 Å². The zero-order chi connectivity index (χ0) is 8.15. The van der Waals surface area contributed by atoms with Gasteiger partial charge in [-0.05, 0) is 13.3 Å². The van der Waals surface area contributed by atoms with Gasteiger partial charge in [-0.2, -0.15) is 0 Å². The summed E-state index contributed by atoms with van der Waals surface area (Å²) < 4.78 is 0. The number of hydrogen-bond acceptors (Lipinski definition) is 2. The van der Waals surface area contributed by atoms with E-state index in [0.717, 1.165) is 6.42 Å². The summed E-state index contributed by atoms with van der Waals surface area (Å²) in [5.74, 6) is -0.214. The summed E-state index contributed by atoms with van der Waals surface area (Å²) in [5, 5.41) is 8.46. The first kappa shape index (κ1) is 9.43. The van der Waals surface area contributed by atoms with Gasteiger partial charge < -0.3 is 10.0 Å². The average molecular weight is 145 g/mol. The summed E-state index contributed by atoms with van der Waals surface area (Å²) in [7, 11) is 1.70. The molecule has 0 bridgehead atoms. The Labute approximate surface area is 61.6 Å². The lowest BCUT2D eigenvalue weighted by atomic mass is 10.2. The molecule has 0 heterocycles. The number of rotatable bonds is 3. The van der Waals surface area contributed by atoms with Gasteiger partial charge in [-0.1, -0.05) is 6.92 Å². The fourth-order valence-electron chi connectivity index (χ4n) is 0.631. The van der Waals surface area contributed by atoms with Crippen LogP contribution >= 0.6 is 0 Å². The van der Waals surface area contributed by atoms with Gasteiger partial charge in [0.15, 0.2) is 0 Å². The van der Waals surface area contributed by atoms with E-state index in [2.05, 4.69) is 0 Å². The van der Waals surface area contributed by atoms with Crippen molar-refractivity contribution < 1.29 is 9.90 Å². The molecule has 0 aromatic heterocycles. The van der Waals surface area contributed by atoms with Crippen LogP contribution in [0.25, 0.3) is 0 Å². The molecular weight excluding hydrogens is 130 g/mol. The molecule has 0 fully saturated rings. The molecule has 10 heavy (non-hydrogen) atoms. The first-order valence-electron chi connectivity index (χ1n) is 3.50. The van der Waals surface area contributed by atoms with E-state index in [1.54, 1.807) is 11.9 Å². The van der Waals surface area contributed by atoms with E-state index in [4.69, 9.17) is 5.11 Å². The minimum absolute atomic E-state index is 0.214. The van der Waals surface area contributed by atoms with Crippen LogP contribution in [0.2, 0.25) is 0 Å². The molecule has 0 saturated heterocycles. The topological polar surface area (TPSA) is 40.5 Å². The van der Waals surface area contributed by atoms with Crippen LogP contribution in [0.5, 0.6) is 0 Å². The lowest BCUT2D eigenvalue weighted by Crippen LogP contribution is -2.36. The Hall–Kier alpha value is -0.570. The molecule has 0 spiro atoms. The molecule has 3 nitrogen and oxygen atoms in total. The van der Waals surface area contributed by atoms with Crippen molar-refractivity contribution in [1.82, 2.24) is 4.90 Å². The van der Waals surface area contributed by atoms with Crippen molar-refractivity contribution in [2.75, 3.05) is 13.7 Å². The van der Waals surface area contributed by atoms with Crippen LogP contribution in [0, 0.1) is 0 Å². The highest BCUT2D eigenvalue weighted by Gasteiger charge is 2.11. The molecule has 0 rings (SSSR count). The van der Waals surface area contributed by atoms with Crippen LogP contribution < -0.4 is 0 Å². The van der Waals surface area contributed by atoms with Gasteiger partial charge in [0.25, 0.3) is 0 Å². The molecular formula is C7H15NO2. The van der Waals surface area contributed by atoms with Crippen molar-refractivity contribution in [2.24, 2.45) is 0 Å². The molecule has 0 aliphatic carbocycles. The quantitative estimate of drug-likeness (QED) is 0.617. The number of aliphatic hydroxyl groups excluding tert-OH is 1. The van der Waals surface area contributed by atoms with Crippen molar-refractivity contribution >= 4 is 5.91 Å². The molecule has 1 amide bonds. The van der Waals surface area contributed by atoms with Crippen molar-refractivity contribution in [3.8, 4) is 0 Å². The maximum atomic E-state index is 10.8. The lowest BCUT2D eigenvalue weighted by Gasteiger charge is -2.22. The monoisotopic (exact) mass is 145 g/mol. The largest absolute Gasteiger partial charge is 0.387 e. The van der Waals surface area contributed by atoms with Crippen LogP contribution in [0.3, 0.4) is 0 Å². The lowest BCUT2D eigenvalue weighted by molar-refractivity contribution is -0.134. The Morgan fingerprint density at radius 3 is 2.50 bits per heavy atom. The first-order chi connectivity index (χ1) is 4.63. The van der Waals surface area contributed by atoms with E-state index in [9.17, 15) is 4.79 Å². The third-order valence-electron chi connectivity index (χ3n) is 1.78. The van der Waals surface area contributed by atoms with Gasteiger partial charge in [0.05, 0.1) is 0 Å². The Balaban J connectivity index is 3.81. The van der Waals surface area contributed by atoms with Crippen LogP contribution in [0.15, 0.2) is 0 Å². The number of likely N-dealkylation sites (N-methyl/N-ethyl adjacent to an activating group) is 1. The summed E-state index contributed by atoms with van der Waals surface area (Å²) >= 11 is 0. The third kappa shape index (κ3) is 2.35. The minimum atomic E-state index is -0.388. The zero-order valence-electron chi connectivity index (χ0n) is 6.79. The number of amides is 1. The Morgan fingerprint density at radius 2 is 2.20 bits per heavy atom. The summed E-state index contributed by atoms with van der Waals surface area (Å²) in [4.78, 5) is 12.3. The van der Waals surface area contributed by atoms with E-state index in [1.165, 1.54) is 0 Å². The van der Waals surface area contributed by atoms with Crippen molar-refractivity contribution in [3.63, 3.8) is 0 Å². The maximum absolute atomic E-state index is 10.8. The number of carbonyl (C=O) groups excluding carboxylic acids is 1. The smallest absolute Gasteiger partial charge is 0.248 e. The molecule has 1 atom stereocenters. The fraction of sp³-hybridized carbons (Fsp3) is 0.857. The highest BCUT2D eigenvalue weighted by Crippen LogP contribution is 1.99. The average Bonchev–Trinajstić information content (AvgIpc) is 2.00. The second-order valence-electron chi connectivity index (χ2n) is 2.42. The SMILES string of the molecule is CCC(C)N(C)C(=O)CO. The van der Waals surface area contributed by atoms with Crippen molar-refractivity contribution in [1.29, 1.82) is 0 Å². The van der Waals surface area contributed by atoms with Crippen molar-refractivity contribution in [3.05, 3.63) is 0 Å². The molecule has 3 heteroatoms. The van der Waals surface area contributed by atoms with E-state index in [0.29, 0.717) is 0 Å². The summed E-state index contributed by atoms with van der Waals surface area (Å²) in [6, 6.07) is 0.222. The van der Waals surface area contributed by atoms with Crippen molar-refractivity contribution in [2.45, 2.75) is 26.3 Å². The Kier molecular flexibility index (Phi) is 4.03. The standard InChI is InChI=1S/C7H15NO2/c1-4-6(2)8(3)7(10)5-9/h6,9H,4-5H2,1-3H3. The van der Waals surface area contributed by atoms with Crippen LogP contribution in [0.4, 0.5) is 0 Å². The normalized spacial score (nSPS) is 12.8. The number of aliphatic hydroxyl groups is 1. The summed E-state index contributed by atoms with van der Waals surface area (Å²) in [6.45, 7) is 3.57. The van der Waals surface area contributed by atoms with Crippen LogP contribution in [-0.2, 0) is 4.79 Å². The van der Waals surface area contributed by atoms with E-state index in [1.807, 2.05) is 13.8 Å². The summed E-state index contributed by atoms with van der Waals surface area (Å²) in [6.07, 6.45) is 0.919. The third-order valence-corrected chi connectivity index (χ3v) is 1.78. The van der Waals surface area contributed by atoms with Gasteiger partial charge in [0, 0.05) is 13.1 Å². The highest BCUT2D eigenvalue weighted by atomic mass is 16.3. The summed E-state index contributed by atoms with van der Waals surface area (Å²) in [5.41, 5.74) is 0. The molecule has 0 aromatic carbocycles. The van der Waals surface area contributed by atoms with Gasteiger partial charge in [-0.15, -0.1) is 0 Å². The molecule has 0 saturated carbocycles. The Bertz CT molecular complexity index is 114. The van der Waals surface area contributed by atoms with E-state index >= 15 is 0 Å². The van der Waals surface area contributed by atoms with Gasteiger partial charge in [0.2, 0.25) is 5.91 Å². The predicted molar refractivity (Wildman–Crippen MR) is 39.6 cm³/mol. The first-order valence-corrected chi connectivity index (χ1v) is 3.50. The number of hydrogen-bond donors (Lipinski definition) is 1. The van der Waals surface area contributed by atoms with E-state index < -0.39 is 0 Å². The molecule has 1 unspecified atom stereocenters. The second-order valence-corrected chi connectivity index (χ2v) is 2.42. The van der Waals surface area contributed by atoms with Crippen LogP contribution in [0.1, 0.15) is 20.3 Å². The highest BCUT2D eigenvalue weighted by molar-refractivity contribution is 5.77. The molecule has 1 N–H and O–H groups in total. The predicted octanol–water partition coefficient (Wildman–Crippen LogP) is 0.236.